The number of carbonyl (C=O) groups excluding carboxylic acids is 2. The lowest BCUT2D eigenvalue weighted by Crippen LogP contribution is -2.71. The van der Waals surface area contributed by atoms with Gasteiger partial charge in [-0.1, -0.05) is 18.2 Å². The molecule has 0 radical (unpaired) electrons. The van der Waals surface area contributed by atoms with Gasteiger partial charge in [-0.3, -0.25) is 19.7 Å². The van der Waals surface area contributed by atoms with Crippen LogP contribution in [0.1, 0.15) is 11.1 Å². The van der Waals surface area contributed by atoms with E-state index in [2.05, 4.69) is 4.98 Å². The molecule has 10 nitrogen and oxygen atoms in total. The number of non-ortho nitro benzene ring substituents is 1. The Labute approximate surface area is 189 Å². The number of nitro groups is 1. The van der Waals surface area contributed by atoms with Crippen LogP contribution in [0, 0.1) is 10.1 Å². The summed E-state index contributed by atoms with van der Waals surface area (Å²) in [4.78, 5) is 43.7. The summed E-state index contributed by atoms with van der Waals surface area (Å²) in [6, 6.07) is 10.3. The summed E-state index contributed by atoms with van der Waals surface area (Å²) in [5.41, 5.74) is 0.137. The van der Waals surface area contributed by atoms with Crippen LogP contribution in [0.4, 0.5) is 5.69 Å². The van der Waals surface area contributed by atoms with E-state index < -0.39 is 22.6 Å². The minimum Gasteiger partial charge on any atom is -0.508 e. The fourth-order valence-corrected chi connectivity index (χ4v) is 4.54. The standard InChI is InChI=1S/C23H24N4O6/c1-25-19(11-15-13-24-17-8-5-9-18(20(15)17)27(31)32)21(29)26(2)23(33-3,22(25)30)12-14-6-4-7-16(28)10-14/h4-10,13,19,24,28H,11-12H2,1-3H3/t19-,23+/m0/s1. The van der Waals surface area contributed by atoms with Crippen LogP contribution in [0.25, 0.3) is 10.9 Å². The lowest BCUT2D eigenvalue weighted by atomic mass is 9.92. The van der Waals surface area contributed by atoms with Crippen molar-refractivity contribution < 1.29 is 24.4 Å². The van der Waals surface area contributed by atoms with E-state index in [1.807, 2.05) is 0 Å². The van der Waals surface area contributed by atoms with Gasteiger partial charge in [0.15, 0.2) is 0 Å². The summed E-state index contributed by atoms with van der Waals surface area (Å²) >= 11 is 0. The van der Waals surface area contributed by atoms with Crippen LogP contribution in [-0.4, -0.2) is 69.6 Å². The average Bonchev–Trinajstić information content (AvgIpc) is 3.21. The maximum atomic E-state index is 13.5. The number of H-pyrrole nitrogens is 1. The van der Waals surface area contributed by atoms with Gasteiger partial charge in [0.2, 0.25) is 11.6 Å². The van der Waals surface area contributed by atoms with Crippen molar-refractivity contribution in [3.8, 4) is 5.75 Å². The number of fused-ring (bicyclic) bond motifs is 1. The number of aromatic hydroxyl groups is 1. The molecule has 2 aromatic carbocycles. The summed E-state index contributed by atoms with van der Waals surface area (Å²) in [6.45, 7) is 0. The SMILES string of the molecule is CO[C@]1(Cc2cccc(O)c2)C(=O)N(C)[C@@H](Cc2c[nH]c3cccc([N+](=O)[O-])c23)C(=O)N1C. The molecule has 2 N–H and O–H groups in total. The van der Waals surface area contributed by atoms with Crippen LogP contribution in [0.3, 0.4) is 0 Å². The van der Waals surface area contributed by atoms with Crippen LogP contribution >= 0.6 is 0 Å². The minimum absolute atomic E-state index is 0.0446. The summed E-state index contributed by atoms with van der Waals surface area (Å²) in [5, 5.41) is 21.7. The van der Waals surface area contributed by atoms with Crippen LogP contribution in [0.5, 0.6) is 5.75 Å². The maximum absolute atomic E-state index is 13.5. The predicted octanol–water partition coefficient (Wildman–Crippen LogP) is 2.21. The number of amides is 2. The molecule has 1 aliphatic rings. The van der Waals surface area contributed by atoms with Crippen LogP contribution < -0.4 is 0 Å². The average molecular weight is 452 g/mol. The number of aromatic nitrogens is 1. The first-order valence-corrected chi connectivity index (χ1v) is 10.3. The number of rotatable bonds is 6. The van der Waals surface area contributed by atoms with Crippen LogP contribution in [0.15, 0.2) is 48.7 Å². The van der Waals surface area contributed by atoms with E-state index in [1.54, 1.807) is 30.5 Å². The number of carbonyl (C=O) groups is 2. The Morgan fingerprint density at radius 2 is 1.94 bits per heavy atom. The first kappa shape index (κ1) is 22.3. The largest absolute Gasteiger partial charge is 0.508 e. The molecule has 4 rings (SSSR count). The molecule has 1 saturated heterocycles. The van der Waals surface area contributed by atoms with Crippen molar-refractivity contribution in [1.29, 1.82) is 0 Å². The van der Waals surface area contributed by atoms with E-state index in [0.717, 1.165) is 0 Å². The number of ether oxygens (including phenoxy) is 1. The monoisotopic (exact) mass is 452 g/mol. The molecule has 0 aliphatic carbocycles. The Hall–Kier alpha value is -3.92. The normalized spacial score (nSPS) is 21.1. The number of hydrogen-bond acceptors (Lipinski definition) is 6. The highest BCUT2D eigenvalue weighted by Crippen LogP contribution is 2.34. The zero-order valence-corrected chi connectivity index (χ0v) is 18.4. The molecule has 3 aromatic rings. The molecule has 172 valence electrons. The number of nitrogens with zero attached hydrogens (tertiary/aromatic N) is 3. The number of aromatic amines is 1. The minimum atomic E-state index is -1.58. The molecule has 2 amide bonds. The van der Waals surface area contributed by atoms with Gasteiger partial charge in [0.1, 0.15) is 11.8 Å². The number of nitrogens with one attached hydrogen (secondary N) is 1. The third-order valence-electron chi connectivity index (χ3n) is 6.35. The predicted molar refractivity (Wildman–Crippen MR) is 120 cm³/mol. The zero-order valence-electron chi connectivity index (χ0n) is 18.4. The Kier molecular flexibility index (Phi) is 5.54. The third kappa shape index (κ3) is 3.58. The lowest BCUT2D eigenvalue weighted by Gasteiger charge is -2.49. The summed E-state index contributed by atoms with van der Waals surface area (Å²) in [5.74, 6) is -0.732. The number of phenolic OH excluding ortho intramolecular Hbond substituents is 1. The smallest absolute Gasteiger partial charge is 0.279 e. The molecule has 1 aliphatic heterocycles. The highest BCUT2D eigenvalue weighted by Gasteiger charge is 2.54. The molecule has 33 heavy (non-hydrogen) atoms. The first-order chi connectivity index (χ1) is 15.7. The molecule has 1 aromatic heterocycles. The summed E-state index contributed by atoms with van der Waals surface area (Å²) in [7, 11) is 4.39. The van der Waals surface area contributed by atoms with Crippen molar-refractivity contribution >= 4 is 28.4 Å². The number of piperazine rings is 1. The third-order valence-corrected chi connectivity index (χ3v) is 6.35. The molecule has 1 fully saturated rings. The van der Waals surface area contributed by atoms with E-state index >= 15 is 0 Å². The van der Waals surface area contributed by atoms with Crippen molar-refractivity contribution in [2.45, 2.75) is 24.6 Å². The fourth-order valence-electron chi connectivity index (χ4n) is 4.54. The molecule has 0 saturated carbocycles. The summed E-state index contributed by atoms with van der Waals surface area (Å²) < 4.78 is 5.63. The quantitative estimate of drug-likeness (QED) is 0.436. The topological polar surface area (TPSA) is 129 Å². The van der Waals surface area contributed by atoms with E-state index in [1.165, 1.54) is 49.2 Å². The molecular formula is C23H24N4O6. The van der Waals surface area contributed by atoms with Crippen molar-refractivity contribution in [2.75, 3.05) is 21.2 Å². The van der Waals surface area contributed by atoms with Gasteiger partial charge in [0.25, 0.3) is 11.6 Å². The van der Waals surface area contributed by atoms with Crippen molar-refractivity contribution in [3.63, 3.8) is 0 Å². The van der Waals surface area contributed by atoms with E-state index in [4.69, 9.17) is 4.74 Å². The van der Waals surface area contributed by atoms with Crippen molar-refractivity contribution in [3.05, 3.63) is 69.9 Å². The number of likely N-dealkylation sites (N-methyl/N-ethyl adjacent to an activating group) is 2. The first-order valence-electron chi connectivity index (χ1n) is 10.3. The maximum Gasteiger partial charge on any atom is 0.279 e. The number of methoxy groups -OCH3 is 1. The molecule has 0 unspecified atom stereocenters. The second-order valence-electron chi connectivity index (χ2n) is 8.14. The Bertz CT molecular complexity index is 1250. The van der Waals surface area contributed by atoms with Gasteiger partial charge in [-0.2, -0.15) is 0 Å². The van der Waals surface area contributed by atoms with Gasteiger partial charge in [0, 0.05) is 46.3 Å². The van der Waals surface area contributed by atoms with Gasteiger partial charge in [0.05, 0.1) is 15.8 Å². The highest BCUT2D eigenvalue weighted by atomic mass is 16.6. The molecule has 0 spiro atoms. The highest BCUT2D eigenvalue weighted by molar-refractivity contribution is 6.00. The van der Waals surface area contributed by atoms with Gasteiger partial charge in [-0.05, 0) is 29.3 Å². The molecule has 0 bridgehead atoms. The second-order valence-corrected chi connectivity index (χ2v) is 8.14. The lowest BCUT2D eigenvalue weighted by molar-refractivity contribution is -0.383. The number of phenols is 1. The Balaban J connectivity index is 1.69. The number of hydrogen-bond donors (Lipinski definition) is 2. The molecule has 2 atom stereocenters. The van der Waals surface area contributed by atoms with Crippen LogP contribution in [0.2, 0.25) is 0 Å². The van der Waals surface area contributed by atoms with E-state index in [0.29, 0.717) is 22.0 Å². The number of benzene rings is 2. The van der Waals surface area contributed by atoms with Crippen molar-refractivity contribution in [2.24, 2.45) is 0 Å². The Morgan fingerprint density at radius 1 is 1.21 bits per heavy atom. The molecule has 10 heteroatoms. The van der Waals surface area contributed by atoms with E-state index in [9.17, 15) is 24.8 Å². The molecule has 2 heterocycles. The van der Waals surface area contributed by atoms with E-state index in [-0.39, 0.29) is 30.2 Å². The van der Waals surface area contributed by atoms with Gasteiger partial charge in [-0.25, -0.2) is 0 Å². The van der Waals surface area contributed by atoms with Gasteiger partial charge >= 0.3 is 0 Å². The fraction of sp³-hybridized carbons (Fsp3) is 0.304. The summed E-state index contributed by atoms with van der Waals surface area (Å²) in [6.07, 6.45) is 1.78. The van der Waals surface area contributed by atoms with Crippen LogP contribution in [-0.2, 0) is 27.2 Å². The zero-order chi connectivity index (χ0) is 23.9. The van der Waals surface area contributed by atoms with Crippen molar-refractivity contribution in [1.82, 2.24) is 14.8 Å². The van der Waals surface area contributed by atoms with Gasteiger partial charge < -0.3 is 24.6 Å². The second kappa shape index (κ2) is 8.21. The Morgan fingerprint density at radius 3 is 2.61 bits per heavy atom. The number of nitro benzene ring substituents is 1. The van der Waals surface area contributed by atoms with Gasteiger partial charge in [-0.15, -0.1) is 0 Å². The molecular weight excluding hydrogens is 428 g/mol.